The van der Waals surface area contributed by atoms with Gasteiger partial charge in [0, 0.05) is 18.2 Å². The lowest BCUT2D eigenvalue weighted by atomic mass is 10.0. The Morgan fingerprint density at radius 2 is 1.67 bits per heavy atom. The molecule has 5 nitrogen and oxygen atoms in total. The van der Waals surface area contributed by atoms with Crippen LogP contribution in [0, 0.1) is 0 Å². The molecule has 0 aromatic heterocycles. The van der Waals surface area contributed by atoms with Gasteiger partial charge in [-0.25, -0.2) is 0 Å². The third-order valence-electron chi connectivity index (χ3n) is 3.26. The average molecular weight is 292 g/mol. The molecule has 0 aliphatic rings. The van der Waals surface area contributed by atoms with Gasteiger partial charge in [0.05, 0.1) is 0 Å². The lowest BCUT2D eigenvalue weighted by Crippen LogP contribution is -2.41. The molecule has 1 rings (SSSR count). The van der Waals surface area contributed by atoms with Crippen LogP contribution in [0.2, 0.25) is 0 Å². The Morgan fingerprint density at radius 3 is 2.14 bits per heavy atom. The number of aliphatic carboxylic acids is 1. The van der Waals surface area contributed by atoms with E-state index in [0.29, 0.717) is 5.92 Å². The molecule has 116 valence electrons. The number of nitrogens with one attached hydrogen (secondary N) is 2. The number of hydrogen-bond acceptors (Lipinski definition) is 3. The predicted octanol–water partition coefficient (Wildman–Crippen LogP) is 2.59. The number of hydrogen-bond donors (Lipinski definition) is 3. The minimum Gasteiger partial charge on any atom is -0.480 e. The van der Waals surface area contributed by atoms with Crippen molar-refractivity contribution in [1.29, 1.82) is 0 Å². The summed E-state index contributed by atoms with van der Waals surface area (Å²) in [7, 11) is 0. The molecule has 2 atom stereocenters. The minimum atomic E-state index is -0.925. The summed E-state index contributed by atoms with van der Waals surface area (Å²) in [5, 5.41) is 14.5. The lowest BCUT2D eigenvalue weighted by Gasteiger charge is -2.16. The van der Waals surface area contributed by atoms with E-state index in [1.165, 1.54) is 5.56 Å². The van der Waals surface area contributed by atoms with Gasteiger partial charge in [-0.15, -0.1) is 0 Å². The zero-order valence-electron chi connectivity index (χ0n) is 13.0. The smallest absolute Gasteiger partial charge is 0.320 e. The highest BCUT2D eigenvalue weighted by Crippen LogP contribution is 2.17. The predicted molar refractivity (Wildman–Crippen MR) is 83.5 cm³/mol. The summed E-state index contributed by atoms with van der Waals surface area (Å²) in [6.45, 7) is 7.58. The second-order valence-electron chi connectivity index (χ2n) is 5.66. The summed E-state index contributed by atoms with van der Waals surface area (Å²) in [6, 6.07) is 6.88. The van der Waals surface area contributed by atoms with Gasteiger partial charge < -0.3 is 15.7 Å². The van der Waals surface area contributed by atoms with E-state index in [-0.39, 0.29) is 18.4 Å². The molecule has 0 aliphatic carbocycles. The molecule has 3 N–H and O–H groups in total. The fourth-order valence-corrected chi connectivity index (χ4v) is 2.00. The van der Waals surface area contributed by atoms with Gasteiger partial charge in [0.25, 0.3) is 0 Å². The van der Waals surface area contributed by atoms with Crippen LogP contribution >= 0.6 is 0 Å². The van der Waals surface area contributed by atoms with E-state index in [2.05, 4.69) is 24.5 Å². The zero-order chi connectivity index (χ0) is 16.0. The third kappa shape index (κ3) is 5.95. The van der Waals surface area contributed by atoms with Crippen LogP contribution in [0.25, 0.3) is 0 Å². The van der Waals surface area contributed by atoms with Crippen LogP contribution in [-0.2, 0) is 9.59 Å². The number of benzene rings is 1. The summed E-state index contributed by atoms with van der Waals surface area (Å²) in [4.78, 5) is 22.6. The highest BCUT2D eigenvalue weighted by molar-refractivity contribution is 5.91. The van der Waals surface area contributed by atoms with E-state index in [4.69, 9.17) is 5.11 Å². The number of carboxylic acids is 1. The van der Waals surface area contributed by atoms with Crippen molar-refractivity contribution in [2.45, 2.75) is 52.1 Å². The normalized spacial score (nSPS) is 13.8. The first-order valence-corrected chi connectivity index (χ1v) is 7.18. The summed E-state index contributed by atoms with van der Waals surface area (Å²) in [6.07, 6.45) is 0.226. The van der Waals surface area contributed by atoms with Crippen LogP contribution in [0.15, 0.2) is 24.3 Å². The first kappa shape index (κ1) is 17.2. The lowest BCUT2D eigenvalue weighted by molar-refractivity contribution is -0.139. The number of amides is 1. The fraction of sp³-hybridized carbons (Fsp3) is 0.500. The van der Waals surface area contributed by atoms with Crippen LogP contribution in [0.5, 0.6) is 0 Å². The zero-order valence-corrected chi connectivity index (χ0v) is 13.0. The molecular weight excluding hydrogens is 268 g/mol. The third-order valence-corrected chi connectivity index (χ3v) is 3.26. The van der Waals surface area contributed by atoms with Gasteiger partial charge in [0.2, 0.25) is 5.91 Å². The molecule has 2 unspecified atom stereocenters. The van der Waals surface area contributed by atoms with Crippen molar-refractivity contribution in [2.24, 2.45) is 0 Å². The molecule has 0 heterocycles. The van der Waals surface area contributed by atoms with Crippen LogP contribution < -0.4 is 10.6 Å². The van der Waals surface area contributed by atoms with Crippen LogP contribution in [0.3, 0.4) is 0 Å². The summed E-state index contributed by atoms with van der Waals surface area (Å²) in [5.74, 6) is -0.604. The quantitative estimate of drug-likeness (QED) is 0.722. The standard InChI is InChI=1S/C16H24N2O3/c1-10(2)13-5-7-14(8-6-13)18-15(19)9-11(3)17-12(4)16(20)21/h5-8,10-12,17H,9H2,1-4H3,(H,18,19)(H,20,21). The van der Waals surface area contributed by atoms with Crippen molar-refractivity contribution >= 4 is 17.6 Å². The maximum atomic E-state index is 11.9. The Balaban J connectivity index is 2.48. The van der Waals surface area contributed by atoms with Crippen LogP contribution in [-0.4, -0.2) is 29.1 Å². The summed E-state index contributed by atoms with van der Waals surface area (Å²) in [5.41, 5.74) is 1.97. The van der Waals surface area contributed by atoms with Crippen molar-refractivity contribution in [3.63, 3.8) is 0 Å². The topological polar surface area (TPSA) is 78.4 Å². The molecule has 0 spiro atoms. The molecule has 0 aliphatic heterocycles. The number of carboxylic acid groups (broad SMARTS) is 1. The molecule has 1 aromatic rings. The maximum Gasteiger partial charge on any atom is 0.320 e. The average Bonchev–Trinajstić information content (AvgIpc) is 2.38. The molecule has 5 heteroatoms. The molecule has 0 bridgehead atoms. The molecule has 1 aromatic carbocycles. The SMILES string of the molecule is CC(CC(=O)Nc1ccc(C(C)C)cc1)NC(C)C(=O)O. The van der Waals surface area contributed by atoms with Crippen molar-refractivity contribution in [1.82, 2.24) is 5.32 Å². The Hall–Kier alpha value is -1.88. The Labute approximate surface area is 125 Å². The van der Waals surface area contributed by atoms with E-state index in [0.717, 1.165) is 5.69 Å². The van der Waals surface area contributed by atoms with Gasteiger partial charge >= 0.3 is 5.97 Å². The molecule has 0 fully saturated rings. The van der Waals surface area contributed by atoms with Crippen LogP contribution in [0.4, 0.5) is 5.69 Å². The summed E-state index contributed by atoms with van der Waals surface area (Å²) >= 11 is 0. The van der Waals surface area contributed by atoms with E-state index in [9.17, 15) is 9.59 Å². The van der Waals surface area contributed by atoms with Gasteiger partial charge in [-0.3, -0.25) is 9.59 Å². The second-order valence-corrected chi connectivity index (χ2v) is 5.66. The fourth-order valence-electron chi connectivity index (χ4n) is 2.00. The van der Waals surface area contributed by atoms with Gasteiger partial charge in [-0.05, 0) is 37.5 Å². The number of carbonyl (C=O) groups is 2. The number of rotatable bonds is 7. The van der Waals surface area contributed by atoms with Gasteiger partial charge in [-0.1, -0.05) is 26.0 Å². The van der Waals surface area contributed by atoms with E-state index in [1.54, 1.807) is 13.8 Å². The monoisotopic (exact) mass is 292 g/mol. The van der Waals surface area contributed by atoms with Gasteiger partial charge in [0.15, 0.2) is 0 Å². The number of anilines is 1. The highest BCUT2D eigenvalue weighted by Gasteiger charge is 2.16. The highest BCUT2D eigenvalue weighted by atomic mass is 16.4. The first-order valence-electron chi connectivity index (χ1n) is 7.18. The van der Waals surface area contributed by atoms with Crippen molar-refractivity contribution in [2.75, 3.05) is 5.32 Å². The largest absolute Gasteiger partial charge is 0.480 e. The Bertz CT molecular complexity index is 483. The Kier molecular flexibility index (Phi) is 6.37. The molecule has 1 amide bonds. The molecule has 21 heavy (non-hydrogen) atoms. The summed E-state index contributed by atoms with van der Waals surface area (Å²) < 4.78 is 0. The maximum absolute atomic E-state index is 11.9. The van der Waals surface area contributed by atoms with Crippen LogP contribution in [0.1, 0.15) is 45.6 Å². The van der Waals surface area contributed by atoms with E-state index in [1.807, 2.05) is 24.3 Å². The van der Waals surface area contributed by atoms with E-state index < -0.39 is 12.0 Å². The van der Waals surface area contributed by atoms with Gasteiger partial charge in [0.1, 0.15) is 6.04 Å². The van der Waals surface area contributed by atoms with Crippen molar-refractivity contribution in [3.05, 3.63) is 29.8 Å². The van der Waals surface area contributed by atoms with Crippen molar-refractivity contribution < 1.29 is 14.7 Å². The molecular formula is C16H24N2O3. The molecule has 0 saturated carbocycles. The van der Waals surface area contributed by atoms with E-state index >= 15 is 0 Å². The minimum absolute atomic E-state index is 0.134. The number of carbonyl (C=O) groups excluding carboxylic acids is 1. The van der Waals surface area contributed by atoms with Gasteiger partial charge in [-0.2, -0.15) is 0 Å². The second kappa shape index (κ2) is 7.78. The Morgan fingerprint density at radius 1 is 1.10 bits per heavy atom. The molecule has 0 radical (unpaired) electrons. The first-order chi connectivity index (χ1) is 9.79. The molecule has 0 saturated heterocycles. The van der Waals surface area contributed by atoms with Crippen molar-refractivity contribution in [3.8, 4) is 0 Å².